The molecule has 0 radical (unpaired) electrons. The van der Waals surface area contributed by atoms with Crippen molar-refractivity contribution in [1.82, 2.24) is 15.5 Å². The van der Waals surface area contributed by atoms with Crippen molar-refractivity contribution in [3.05, 3.63) is 22.9 Å². The first-order valence-corrected chi connectivity index (χ1v) is 6.89. The fourth-order valence-corrected chi connectivity index (χ4v) is 2.48. The minimum Gasteiger partial charge on any atom is -0.461 e. The van der Waals surface area contributed by atoms with Crippen molar-refractivity contribution in [2.75, 3.05) is 6.54 Å². The maximum Gasteiger partial charge on any atom is 0.183 e. The minimum absolute atomic E-state index is 0.144. The third kappa shape index (κ3) is 3.40. The molecule has 18 heavy (non-hydrogen) atoms. The monoisotopic (exact) mass is 265 g/mol. The Labute approximate surface area is 111 Å². The van der Waals surface area contributed by atoms with Gasteiger partial charge in [-0.25, -0.2) is 0 Å². The van der Waals surface area contributed by atoms with E-state index in [0.717, 1.165) is 34.3 Å². The van der Waals surface area contributed by atoms with Crippen LogP contribution in [0.1, 0.15) is 31.3 Å². The zero-order chi connectivity index (χ0) is 13.2. The Hall–Kier alpha value is -1.20. The second kappa shape index (κ2) is 5.20. The maximum absolute atomic E-state index is 5.41. The van der Waals surface area contributed by atoms with Crippen molar-refractivity contribution >= 4 is 11.3 Å². The molecule has 0 spiro atoms. The number of rotatable bonds is 4. The van der Waals surface area contributed by atoms with Gasteiger partial charge in [0.05, 0.1) is 6.26 Å². The quantitative estimate of drug-likeness (QED) is 0.923. The highest BCUT2D eigenvalue weighted by Gasteiger charge is 2.13. The molecule has 2 rings (SSSR count). The average molecular weight is 265 g/mol. The maximum atomic E-state index is 5.41. The van der Waals surface area contributed by atoms with Gasteiger partial charge in [-0.05, 0) is 39.3 Å². The predicted molar refractivity (Wildman–Crippen MR) is 73.8 cm³/mol. The van der Waals surface area contributed by atoms with Crippen molar-refractivity contribution in [2.45, 2.75) is 39.7 Å². The molecule has 0 amide bonds. The molecule has 0 aliphatic carbocycles. The van der Waals surface area contributed by atoms with Crippen molar-refractivity contribution < 1.29 is 4.42 Å². The molecule has 0 bridgehead atoms. The van der Waals surface area contributed by atoms with E-state index in [0.29, 0.717) is 0 Å². The largest absolute Gasteiger partial charge is 0.461 e. The van der Waals surface area contributed by atoms with Crippen LogP contribution in [0, 0.1) is 6.92 Å². The Kier molecular flexibility index (Phi) is 3.82. The Morgan fingerprint density at radius 3 is 2.72 bits per heavy atom. The van der Waals surface area contributed by atoms with Crippen LogP contribution in [0.15, 0.2) is 16.7 Å². The van der Waals surface area contributed by atoms with E-state index < -0.39 is 0 Å². The molecule has 4 nitrogen and oxygen atoms in total. The lowest BCUT2D eigenvalue weighted by Crippen LogP contribution is -2.37. The highest BCUT2D eigenvalue weighted by Crippen LogP contribution is 2.27. The van der Waals surface area contributed by atoms with Crippen LogP contribution >= 0.6 is 11.3 Å². The number of aromatic nitrogens is 2. The first-order chi connectivity index (χ1) is 8.46. The summed E-state index contributed by atoms with van der Waals surface area (Å²) in [6.45, 7) is 9.40. The van der Waals surface area contributed by atoms with Crippen LogP contribution in [0.4, 0.5) is 0 Å². The van der Waals surface area contributed by atoms with Crippen molar-refractivity contribution in [3.8, 4) is 10.8 Å². The Morgan fingerprint density at radius 1 is 1.33 bits per heavy atom. The van der Waals surface area contributed by atoms with Gasteiger partial charge in [-0.2, -0.15) is 0 Å². The van der Waals surface area contributed by atoms with Gasteiger partial charge < -0.3 is 9.73 Å². The summed E-state index contributed by atoms with van der Waals surface area (Å²) in [6.07, 6.45) is 2.58. The number of furan rings is 1. The van der Waals surface area contributed by atoms with Crippen LogP contribution in [-0.2, 0) is 6.42 Å². The van der Waals surface area contributed by atoms with E-state index in [1.54, 1.807) is 17.6 Å². The van der Waals surface area contributed by atoms with E-state index in [1.165, 1.54) is 0 Å². The van der Waals surface area contributed by atoms with E-state index in [4.69, 9.17) is 4.42 Å². The molecular formula is C13H19N3OS. The molecule has 0 aliphatic heterocycles. The fourth-order valence-electron chi connectivity index (χ4n) is 1.58. The van der Waals surface area contributed by atoms with E-state index in [-0.39, 0.29) is 5.54 Å². The van der Waals surface area contributed by atoms with Gasteiger partial charge in [-0.3, -0.25) is 0 Å². The molecule has 2 aromatic heterocycles. The molecule has 0 aromatic carbocycles. The van der Waals surface area contributed by atoms with E-state index in [1.807, 2.05) is 13.0 Å². The smallest absolute Gasteiger partial charge is 0.183 e. The number of nitrogens with zero attached hydrogens (tertiary/aromatic N) is 2. The van der Waals surface area contributed by atoms with E-state index in [2.05, 4.69) is 36.3 Å². The highest BCUT2D eigenvalue weighted by molar-refractivity contribution is 7.14. The van der Waals surface area contributed by atoms with Gasteiger partial charge in [0.2, 0.25) is 0 Å². The van der Waals surface area contributed by atoms with Gasteiger partial charge in [0, 0.05) is 18.5 Å². The van der Waals surface area contributed by atoms with Crippen LogP contribution in [0.25, 0.3) is 10.8 Å². The van der Waals surface area contributed by atoms with Crippen LogP contribution in [0.3, 0.4) is 0 Å². The van der Waals surface area contributed by atoms with Gasteiger partial charge in [0.25, 0.3) is 0 Å². The van der Waals surface area contributed by atoms with Crippen molar-refractivity contribution in [1.29, 1.82) is 0 Å². The molecule has 2 heterocycles. The summed E-state index contributed by atoms with van der Waals surface area (Å²) in [5.41, 5.74) is 1.25. The summed E-state index contributed by atoms with van der Waals surface area (Å²) in [6, 6.07) is 1.94. The first kappa shape index (κ1) is 13.2. The van der Waals surface area contributed by atoms with Gasteiger partial charge in [-0.1, -0.05) is 11.3 Å². The topological polar surface area (TPSA) is 51.0 Å². The van der Waals surface area contributed by atoms with Crippen LogP contribution in [0.2, 0.25) is 0 Å². The Morgan fingerprint density at radius 2 is 2.11 bits per heavy atom. The Balaban J connectivity index is 1.97. The lowest BCUT2D eigenvalue weighted by atomic mass is 10.1. The van der Waals surface area contributed by atoms with Crippen LogP contribution < -0.4 is 5.32 Å². The molecule has 1 N–H and O–H groups in total. The minimum atomic E-state index is 0.144. The summed E-state index contributed by atoms with van der Waals surface area (Å²) < 4.78 is 5.41. The molecule has 0 fully saturated rings. The van der Waals surface area contributed by atoms with Crippen molar-refractivity contribution in [3.63, 3.8) is 0 Å². The van der Waals surface area contributed by atoms with E-state index >= 15 is 0 Å². The fraction of sp³-hybridized carbons (Fsp3) is 0.538. The highest BCUT2D eigenvalue weighted by atomic mass is 32.1. The average Bonchev–Trinajstić information content (AvgIpc) is 2.84. The standard InChI is InChI=1S/C13H19N3OS/c1-9-6-8-17-11(9)12-16-15-10(18-12)5-7-14-13(2,3)4/h6,8,14H,5,7H2,1-4H3. The summed E-state index contributed by atoms with van der Waals surface area (Å²) in [7, 11) is 0. The van der Waals surface area contributed by atoms with Gasteiger partial charge in [0.1, 0.15) is 5.01 Å². The molecule has 0 aliphatic rings. The SMILES string of the molecule is Cc1ccoc1-c1nnc(CCNC(C)(C)C)s1. The molecule has 98 valence electrons. The molecular weight excluding hydrogens is 246 g/mol. The second-order valence-corrected chi connectivity index (χ2v) is 6.42. The third-order valence-electron chi connectivity index (χ3n) is 2.52. The summed E-state index contributed by atoms with van der Waals surface area (Å²) in [5.74, 6) is 0.836. The lowest BCUT2D eigenvalue weighted by Gasteiger charge is -2.19. The van der Waals surface area contributed by atoms with Gasteiger partial charge >= 0.3 is 0 Å². The molecule has 2 aromatic rings. The summed E-state index contributed by atoms with van der Waals surface area (Å²) >= 11 is 1.60. The number of aryl methyl sites for hydroxylation is 1. The summed E-state index contributed by atoms with van der Waals surface area (Å²) in [5, 5.41) is 13.7. The number of hydrogen-bond acceptors (Lipinski definition) is 5. The zero-order valence-electron chi connectivity index (χ0n) is 11.3. The Bertz CT molecular complexity index is 510. The molecule has 5 heteroatoms. The molecule has 0 saturated heterocycles. The van der Waals surface area contributed by atoms with Gasteiger partial charge in [-0.15, -0.1) is 10.2 Å². The normalized spacial score (nSPS) is 12.0. The predicted octanol–water partition coefficient (Wildman–Crippen LogP) is 3.04. The molecule has 0 atom stereocenters. The second-order valence-electron chi connectivity index (χ2n) is 5.36. The first-order valence-electron chi connectivity index (χ1n) is 6.07. The van der Waals surface area contributed by atoms with Gasteiger partial charge in [0.15, 0.2) is 10.8 Å². The third-order valence-corrected chi connectivity index (χ3v) is 3.50. The van der Waals surface area contributed by atoms with Crippen LogP contribution in [-0.4, -0.2) is 22.3 Å². The number of hydrogen-bond donors (Lipinski definition) is 1. The van der Waals surface area contributed by atoms with Crippen molar-refractivity contribution in [2.24, 2.45) is 0 Å². The number of nitrogens with one attached hydrogen (secondary N) is 1. The van der Waals surface area contributed by atoms with Crippen LogP contribution in [0.5, 0.6) is 0 Å². The molecule has 0 saturated carbocycles. The zero-order valence-corrected chi connectivity index (χ0v) is 12.1. The molecule has 0 unspecified atom stereocenters. The van der Waals surface area contributed by atoms with E-state index in [9.17, 15) is 0 Å². The lowest BCUT2D eigenvalue weighted by molar-refractivity contribution is 0.429. The summed E-state index contributed by atoms with van der Waals surface area (Å²) in [4.78, 5) is 0.